The Morgan fingerprint density at radius 3 is 2.74 bits per heavy atom. The number of amides is 1. The number of carbonyl (C=O) groups excluding carboxylic acids is 1. The molecule has 0 radical (unpaired) electrons. The average Bonchev–Trinajstić information content (AvgIpc) is 3.35. The molecule has 4 aromatic heterocycles. The molecule has 0 spiro atoms. The van der Waals surface area contributed by atoms with E-state index in [1.807, 2.05) is 38.3 Å². The summed E-state index contributed by atoms with van der Waals surface area (Å²) in [6.45, 7) is 1.65. The number of rotatable bonds is 5. The molecule has 0 aliphatic carbocycles. The summed E-state index contributed by atoms with van der Waals surface area (Å²) in [5.41, 5.74) is 2.86. The minimum Gasteiger partial charge on any atom is -0.431 e. The number of anilines is 2. The zero-order chi connectivity index (χ0) is 21.5. The van der Waals surface area contributed by atoms with E-state index in [4.69, 9.17) is 4.42 Å². The first-order chi connectivity index (χ1) is 15.0. The van der Waals surface area contributed by atoms with Crippen LogP contribution in [0.25, 0.3) is 22.0 Å². The minimum atomic E-state index is -0.372. The van der Waals surface area contributed by atoms with Crippen molar-refractivity contribution in [2.24, 2.45) is 7.05 Å². The number of likely N-dealkylation sites (N-methyl/N-ethyl adjacent to an activating group) is 1. The van der Waals surface area contributed by atoms with E-state index in [0.29, 0.717) is 17.9 Å². The Balaban J connectivity index is 1.31. The molecular formula is C21H22N8O2. The van der Waals surface area contributed by atoms with Gasteiger partial charge in [0.1, 0.15) is 12.1 Å². The lowest BCUT2D eigenvalue weighted by molar-refractivity contribution is 0.102. The Morgan fingerprint density at radius 2 is 2.00 bits per heavy atom. The second kappa shape index (κ2) is 7.47. The molecule has 5 rings (SSSR count). The molecule has 0 aromatic carbocycles. The average molecular weight is 418 g/mol. The molecule has 1 aliphatic heterocycles. The van der Waals surface area contributed by atoms with Gasteiger partial charge in [0.25, 0.3) is 11.9 Å². The van der Waals surface area contributed by atoms with Gasteiger partial charge in [-0.2, -0.15) is 10.1 Å². The molecule has 0 bridgehead atoms. The van der Waals surface area contributed by atoms with E-state index in [1.54, 1.807) is 29.3 Å². The van der Waals surface area contributed by atoms with Crippen molar-refractivity contribution >= 4 is 28.6 Å². The molecule has 1 amide bonds. The number of oxazole rings is 1. The molecule has 1 aliphatic rings. The molecular weight excluding hydrogens is 396 g/mol. The summed E-state index contributed by atoms with van der Waals surface area (Å²) in [5, 5.41) is 7.85. The van der Waals surface area contributed by atoms with Gasteiger partial charge in [-0.1, -0.05) is 0 Å². The molecule has 5 heterocycles. The minimum absolute atomic E-state index is 0.215. The number of aryl methyl sites for hydroxylation is 1. The van der Waals surface area contributed by atoms with Crippen LogP contribution in [0.1, 0.15) is 10.5 Å². The molecule has 1 saturated heterocycles. The second-order valence-electron chi connectivity index (χ2n) is 7.88. The number of aromatic nitrogens is 5. The first-order valence-corrected chi connectivity index (χ1v) is 9.89. The van der Waals surface area contributed by atoms with Crippen molar-refractivity contribution in [1.29, 1.82) is 0 Å². The van der Waals surface area contributed by atoms with Crippen LogP contribution >= 0.6 is 0 Å². The Bertz CT molecular complexity index is 1260. The summed E-state index contributed by atoms with van der Waals surface area (Å²) >= 11 is 0. The molecule has 0 atom stereocenters. The van der Waals surface area contributed by atoms with Gasteiger partial charge in [0, 0.05) is 55.1 Å². The van der Waals surface area contributed by atoms with E-state index < -0.39 is 0 Å². The Hall–Kier alpha value is -3.79. The van der Waals surface area contributed by atoms with Gasteiger partial charge in [0.2, 0.25) is 0 Å². The lowest BCUT2D eigenvalue weighted by Gasteiger charge is -2.41. The zero-order valence-electron chi connectivity index (χ0n) is 17.5. The fourth-order valence-corrected chi connectivity index (χ4v) is 3.46. The lowest BCUT2D eigenvalue weighted by Crippen LogP contribution is -2.57. The second-order valence-corrected chi connectivity index (χ2v) is 7.88. The van der Waals surface area contributed by atoms with Crippen LogP contribution < -0.4 is 10.2 Å². The van der Waals surface area contributed by atoms with Crippen LogP contribution in [0.4, 0.5) is 11.8 Å². The van der Waals surface area contributed by atoms with Crippen LogP contribution in [0.15, 0.2) is 47.6 Å². The van der Waals surface area contributed by atoms with Crippen LogP contribution in [0.5, 0.6) is 0 Å². The smallest absolute Gasteiger partial charge is 0.298 e. The van der Waals surface area contributed by atoms with E-state index >= 15 is 0 Å². The number of hydrogen-bond acceptors (Lipinski definition) is 8. The standard InChI is InChI=1S/C21H22N8O2/c1-27(2)16-10-29(11-16)21-25-18(12-31-21)20(30)26-19-5-13-4-14(6-22-17(13)8-23-19)15-7-24-28(3)9-15/h4-9,12,16H,10-11H2,1-3H3,(H,23,26,30). The molecule has 4 aromatic rings. The first-order valence-electron chi connectivity index (χ1n) is 9.89. The Kier molecular flexibility index (Phi) is 4.63. The highest BCUT2D eigenvalue weighted by atomic mass is 16.4. The van der Waals surface area contributed by atoms with Crippen LogP contribution in [0, 0.1) is 0 Å². The van der Waals surface area contributed by atoms with Crippen LogP contribution in [-0.4, -0.2) is 68.8 Å². The molecule has 0 unspecified atom stereocenters. The summed E-state index contributed by atoms with van der Waals surface area (Å²) in [7, 11) is 5.96. The van der Waals surface area contributed by atoms with E-state index in [0.717, 1.165) is 35.1 Å². The predicted octanol–water partition coefficient (Wildman–Crippen LogP) is 2.02. The molecule has 31 heavy (non-hydrogen) atoms. The summed E-state index contributed by atoms with van der Waals surface area (Å²) in [5.74, 6) is 0.0479. The molecule has 158 valence electrons. The third kappa shape index (κ3) is 3.73. The topological polar surface area (TPSA) is 105 Å². The number of nitrogens with one attached hydrogen (secondary N) is 1. The molecule has 1 N–H and O–H groups in total. The van der Waals surface area contributed by atoms with Crippen molar-refractivity contribution in [2.45, 2.75) is 6.04 Å². The Labute approximate surface area is 178 Å². The molecule has 1 fully saturated rings. The van der Waals surface area contributed by atoms with Gasteiger partial charge >= 0.3 is 0 Å². The maximum Gasteiger partial charge on any atom is 0.298 e. The number of fused-ring (bicyclic) bond motifs is 1. The quantitative estimate of drug-likeness (QED) is 0.525. The fraction of sp³-hybridized carbons (Fsp3) is 0.286. The third-order valence-electron chi connectivity index (χ3n) is 5.44. The molecule has 0 saturated carbocycles. The highest BCUT2D eigenvalue weighted by Gasteiger charge is 2.31. The maximum absolute atomic E-state index is 12.6. The summed E-state index contributed by atoms with van der Waals surface area (Å²) in [4.78, 5) is 29.9. The van der Waals surface area contributed by atoms with Crippen LogP contribution in [0.2, 0.25) is 0 Å². The number of hydrogen-bond donors (Lipinski definition) is 1. The normalized spacial score (nSPS) is 14.3. The van der Waals surface area contributed by atoms with Crippen molar-refractivity contribution < 1.29 is 9.21 Å². The number of pyridine rings is 2. The fourth-order valence-electron chi connectivity index (χ4n) is 3.46. The highest BCUT2D eigenvalue weighted by molar-refractivity contribution is 6.03. The number of nitrogens with zero attached hydrogens (tertiary/aromatic N) is 7. The SMILES string of the molecule is CN(C)C1CN(c2nc(C(=O)Nc3cc4cc(-c5cnn(C)c5)cnc4cn3)co2)C1. The molecule has 10 heteroatoms. The van der Waals surface area contributed by atoms with Gasteiger partial charge in [-0.15, -0.1) is 0 Å². The van der Waals surface area contributed by atoms with Gasteiger partial charge in [-0.25, -0.2) is 4.98 Å². The third-order valence-corrected chi connectivity index (χ3v) is 5.44. The first kappa shape index (κ1) is 19.2. The van der Waals surface area contributed by atoms with Crippen molar-refractivity contribution in [2.75, 3.05) is 37.4 Å². The molecule has 10 nitrogen and oxygen atoms in total. The maximum atomic E-state index is 12.6. The van der Waals surface area contributed by atoms with Gasteiger partial charge < -0.3 is 19.5 Å². The van der Waals surface area contributed by atoms with Gasteiger partial charge in [0.15, 0.2) is 5.69 Å². The predicted molar refractivity (Wildman–Crippen MR) is 116 cm³/mol. The van der Waals surface area contributed by atoms with E-state index in [-0.39, 0.29) is 11.6 Å². The highest BCUT2D eigenvalue weighted by Crippen LogP contribution is 2.24. The Morgan fingerprint density at radius 1 is 1.16 bits per heavy atom. The lowest BCUT2D eigenvalue weighted by atomic mass is 10.1. The van der Waals surface area contributed by atoms with E-state index in [1.165, 1.54) is 6.26 Å². The number of carbonyl (C=O) groups is 1. The van der Waals surface area contributed by atoms with Crippen molar-refractivity contribution in [3.05, 3.63) is 48.9 Å². The van der Waals surface area contributed by atoms with E-state index in [2.05, 4.69) is 30.3 Å². The van der Waals surface area contributed by atoms with Crippen molar-refractivity contribution in [1.82, 2.24) is 29.6 Å². The summed E-state index contributed by atoms with van der Waals surface area (Å²) in [6, 6.07) is 4.71. The summed E-state index contributed by atoms with van der Waals surface area (Å²) < 4.78 is 7.23. The van der Waals surface area contributed by atoms with Gasteiger partial charge in [-0.3, -0.25) is 14.5 Å². The van der Waals surface area contributed by atoms with Crippen LogP contribution in [-0.2, 0) is 7.05 Å². The zero-order valence-corrected chi connectivity index (χ0v) is 17.5. The van der Waals surface area contributed by atoms with Crippen molar-refractivity contribution in [3.8, 4) is 11.1 Å². The monoisotopic (exact) mass is 418 g/mol. The largest absolute Gasteiger partial charge is 0.431 e. The van der Waals surface area contributed by atoms with Gasteiger partial charge in [-0.05, 0) is 26.2 Å². The van der Waals surface area contributed by atoms with Gasteiger partial charge in [0.05, 0.1) is 17.9 Å². The van der Waals surface area contributed by atoms with Crippen molar-refractivity contribution in [3.63, 3.8) is 0 Å². The van der Waals surface area contributed by atoms with Crippen LogP contribution in [0.3, 0.4) is 0 Å². The summed E-state index contributed by atoms with van der Waals surface area (Å²) in [6.07, 6.45) is 8.50. The van der Waals surface area contributed by atoms with E-state index in [9.17, 15) is 4.79 Å².